The van der Waals surface area contributed by atoms with E-state index in [1.807, 2.05) is 6.08 Å². The van der Waals surface area contributed by atoms with Gasteiger partial charge in [0.25, 0.3) is 0 Å². The molecule has 0 radical (unpaired) electrons. The van der Waals surface area contributed by atoms with Gasteiger partial charge in [-0.25, -0.2) is 0 Å². The van der Waals surface area contributed by atoms with Gasteiger partial charge in [0, 0.05) is 12.8 Å². The number of carbonyl (C=O) groups is 2. The molecule has 1 aliphatic rings. The molecule has 1 amide bonds. The molecule has 0 aromatic heterocycles. The molecule has 0 saturated carbocycles. The third kappa shape index (κ3) is 53.5. The van der Waals surface area contributed by atoms with Crippen LogP contribution >= 0.6 is 0 Å². The molecule has 6 N–H and O–H groups in total. The van der Waals surface area contributed by atoms with Crippen LogP contribution in [0.15, 0.2) is 72.9 Å². The molecular weight excluding hydrogens is 1090 g/mol. The summed E-state index contributed by atoms with van der Waals surface area (Å²) in [6.07, 6.45) is 78.0. The lowest BCUT2D eigenvalue weighted by atomic mass is 9.99. The van der Waals surface area contributed by atoms with Crippen LogP contribution in [0.5, 0.6) is 0 Å². The molecule has 7 unspecified atom stereocenters. The number of esters is 1. The van der Waals surface area contributed by atoms with Crippen LogP contribution in [0.1, 0.15) is 335 Å². The van der Waals surface area contributed by atoms with E-state index in [1.165, 1.54) is 231 Å². The number of rotatable bonds is 64. The van der Waals surface area contributed by atoms with E-state index in [0.717, 1.165) is 77.0 Å². The Morgan fingerprint density at radius 2 is 0.816 bits per heavy atom. The van der Waals surface area contributed by atoms with Crippen molar-refractivity contribution in [3.8, 4) is 0 Å². The van der Waals surface area contributed by atoms with Gasteiger partial charge in [-0.3, -0.25) is 9.59 Å². The van der Waals surface area contributed by atoms with Gasteiger partial charge in [0.1, 0.15) is 24.4 Å². The minimum Gasteiger partial charge on any atom is -0.466 e. The Morgan fingerprint density at radius 1 is 0.437 bits per heavy atom. The lowest BCUT2D eigenvalue weighted by Crippen LogP contribution is -2.60. The van der Waals surface area contributed by atoms with E-state index in [0.29, 0.717) is 19.4 Å². The third-order valence-electron chi connectivity index (χ3n) is 17.0. The number of aliphatic hydroxyl groups is 5. The molecule has 87 heavy (non-hydrogen) atoms. The first kappa shape index (κ1) is 82.1. The second kappa shape index (κ2) is 64.6. The second-order valence-corrected chi connectivity index (χ2v) is 25.2. The first-order chi connectivity index (χ1) is 42.7. The number of unbranched alkanes of at least 4 members (excludes halogenated alkanes) is 40. The maximum atomic E-state index is 13.0. The van der Waals surface area contributed by atoms with Gasteiger partial charge in [-0.2, -0.15) is 0 Å². The fourth-order valence-electron chi connectivity index (χ4n) is 11.3. The molecule has 11 heteroatoms. The van der Waals surface area contributed by atoms with Gasteiger partial charge in [0.2, 0.25) is 5.91 Å². The summed E-state index contributed by atoms with van der Waals surface area (Å²) in [6.45, 7) is 4.20. The number of aliphatic hydroxyl groups excluding tert-OH is 5. The number of ether oxygens (including phenoxy) is 3. The van der Waals surface area contributed by atoms with Crippen molar-refractivity contribution in [1.82, 2.24) is 5.32 Å². The lowest BCUT2D eigenvalue weighted by molar-refractivity contribution is -0.302. The van der Waals surface area contributed by atoms with Crippen LogP contribution in [0, 0.1) is 0 Å². The Morgan fingerprint density at radius 3 is 1.26 bits per heavy atom. The summed E-state index contributed by atoms with van der Waals surface area (Å²) >= 11 is 0. The lowest BCUT2D eigenvalue weighted by Gasteiger charge is -2.40. The van der Waals surface area contributed by atoms with Crippen LogP contribution in [0.25, 0.3) is 0 Å². The van der Waals surface area contributed by atoms with Gasteiger partial charge < -0.3 is 45.1 Å². The molecule has 11 nitrogen and oxygen atoms in total. The van der Waals surface area contributed by atoms with E-state index >= 15 is 0 Å². The van der Waals surface area contributed by atoms with Crippen molar-refractivity contribution in [2.75, 3.05) is 19.8 Å². The Balaban J connectivity index is 1.91. The molecule has 0 spiro atoms. The van der Waals surface area contributed by atoms with Crippen LogP contribution in [0.3, 0.4) is 0 Å². The molecule has 0 aromatic carbocycles. The molecule has 1 saturated heterocycles. The zero-order valence-electron chi connectivity index (χ0n) is 56.2. The predicted octanol–water partition coefficient (Wildman–Crippen LogP) is 19.1. The van der Waals surface area contributed by atoms with Gasteiger partial charge in [-0.05, 0) is 109 Å². The predicted molar refractivity (Wildman–Crippen MR) is 366 cm³/mol. The van der Waals surface area contributed by atoms with Crippen molar-refractivity contribution in [3.63, 3.8) is 0 Å². The fourth-order valence-corrected chi connectivity index (χ4v) is 11.3. The third-order valence-corrected chi connectivity index (χ3v) is 17.0. The maximum Gasteiger partial charge on any atom is 0.305 e. The van der Waals surface area contributed by atoms with E-state index in [4.69, 9.17) is 14.2 Å². The van der Waals surface area contributed by atoms with E-state index in [1.54, 1.807) is 6.08 Å². The molecule has 7 atom stereocenters. The molecule has 1 heterocycles. The van der Waals surface area contributed by atoms with Gasteiger partial charge in [0.05, 0.1) is 32.0 Å². The maximum absolute atomic E-state index is 13.0. The van der Waals surface area contributed by atoms with E-state index < -0.39 is 49.5 Å². The first-order valence-electron chi connectivity index (χ1n) is 36.7. The Labute approximate surface area is 534 Å². The molecular formula is C76H137NO10. The zero-order chi connectivity index (χ0) is 63.0. The summed E-state index contributed by atoms with van der Waals surface area (Å²) in [5, 5.41) is 54.3. The van der Waals surface area contributed by atoms with Crippen LogP contribution < -0.4 is 5.32 Å². The summed E-state index contributed by atoms with van der Waals surface area (Å²) < 4.78 is 16.7. The molecule has 1 fully saturated rings. The summed E-state index contributed by atoms with van der Waals surface area (Å²) in [4.78, 5) is 25.1. The molecule has 1 aliphatic heterocycles. The zero-order valence-corrected chi connectivity index (χ0v) is 56.2. The van der Waals surface area contributed by atoms with E-state index in [2.05, 4.69) is 79.9 Å². The molecule has 1 rings (SSSR count). The highest BCUT2D eigenvalue weighted by Gasteiger charge is 2.44. The van der Waals surface area contributed by atoms with Crippen molar-refractivity contribution >= 4 is 11.9 Å². The fraction of sp³-hybridized carbons (Fsp3) is 0.816. The summed E-state index contributed by atoms with van der Waals surface area (Å²) in [5.41, 5.74) is 0. The van der Waals surface area contributed by atoms with Crippen LogP contribution in [-0.4, -0.2) is 100 Å². The van der Waals surface area contributed by atoms with Crippen molar-refractivity contribution < 1.29 is 49.3 Å². The molecule has 0 aliphatic carbocycles. The topological polar surface area (TPSA) is 175 Å². The number of allylic oxidation sites excluding steroid dienone is 11. The normalized spacial score (nSPS) is 18.3. The average molecular weight is 1220 g/mol. The SMILES string of the molecule is CC/C=C/CC/C=C/CC/C=C/C(O)C(COC1OC(CO)C(O)C(O)C1O)NC(=O)CCCCCCCCCCCCCCCCCCC/C=C\C/C=C\CCCCCCCCCCCCCCCOC(=O)CCCCCCC/C=C\CCCCC. The largest absolute Gasteiger partial charge is 0.466 e. The summed E-state index contributed by atoms with van der Waals surface area (Å²) in [5.74, 6) is -0.194. The Kier molecular flexibility index (Phi) is 61.0. The van der Waals surface area contributed by atoms with E-state index in [-0.39, 0.29) is 18.5 Å². The monoisotopic (exact) mass is 1220 g/mol. The van der Waals surface area contributed by atoms with Gasteiger partial charge >= 0.3 is 5.97 Å². The summed E-state index contributed by atoms with van der Waals surface area (Å²) in [7, 11) is 0. The minimum absolute atomic E-state index is 0.00175. The van der Waals surface area contributed by atoms with Gasteiger partial charge in [0.15, 0.2) is 6.29 Å². The first-order valence-corrected chi connectivity index (χ1v) is 36.7. The van der Waals surface area contributed by atoms with Crippen molar-refractivity contribution in [1.29, 1.82) is 0 Å². The summed E-state index contributed by atoms with van der Waals surface area (Å²) in [6, 6.07) is -0.833. The van der Waals surface area contributed by atoms with Crippen molar-refractivity contribution in [3.05, 3.63) is 72.9 Å². The van der Waals surface area contributed by atoms with Crippen molar-refractivity contribution in [2.24, 2.45) is 0 Å². The standard InChI is InChI=1S/C76H137NO10/c1-3-5-7-9-11-13-15-44-48-52-56-60-64-72(81)85-65-61-57-53-49-45-42-40-38-36-34-32-30-28-26-24-22-20-18-16-17-19-21-23-25-27-29-31-33-35-37-39-41-43-47-51-55-59-63-71(80)77-68(67-86-76-75(84)74(83)73(82)70(66-78)87-76)69(79)62-58-54-50-46-14-12-10-8-6-4-2/h6,8,11,13-14,16,18,22,24,46,58,62,68-70,73-76,78-79,82-84H,3-5,7,9-10,12,15,17,19-21,23,25-45,47-57,59-61,63-67H2,1-2H3,(H,77,80)/b8-6+,13-11-,18-16-,24-22-,46-14+,62-58+. The number of nitrogens with one attached hydrogen (secondary N) is 1. The molecule has 0 bridgehead atoms. The Bertz CT molecular complexity index is 1680. The number of amides is 1. The highest BCUT2D eigenvalue weighted by molar-refractivity contribution is 5.76. The minimum atomic E-state index is -1.58. The number of carbonyl (C=O) groups excluding carboxylic acids is 2. The number of hydrogen-bond acceptors (Lipinski definition) is 10. The van der Waals surface area contributed by atoms with Crippen LogP contribution in [0.2, 0.25) is 0 Å². The van der Waals surface area contributed by atoms with Crippen molar-refractivity contribution in [2.45, 2.75) is 378 Å². The molecule has 506 valence electrons. The van der Waals surface area contributed by atoms with E-state index in [9.17, 15) is 35.1 Å². The van der Waals surface area contributed by atoms with Gasteiger partial charge in [-0.15, -0.1) is 0 Å². The number of hydrogen-bond donors (Lipinski definition) is 6. The van der Waals surface area contributed by atoms with Crippen LogP contribution in [0.4, 0.5) is 0 Å². The smallest absolute Gasteiger partial charge is 0.305 e. The second-order valence-electron chi connectivity index (χ2n) is 25.2. The highest BCUT2D eigenvalue weighted by atomic mass is 16.7. The van der Waals surface area contributed by atoms with Crippen LogP contribution in [-0.2, 0) is 23.8 Å². The quantitative estimate of drug-likeness (QED) is 0.0195. The Hall–Kier alpha value is -2.90. The molecule has 0 aromatic rings. The van der Waals surface area contributed by atoms with Gasteiger partial charge in [-0.1, -0.05) is 286 Å². The highest BCUT2D eigenvalue weighted by Crippen LogP contribution is 2.23. The average Bonchev–Trinajstić information content (AvgIpc) is 3.72.